The third kappa shape index (κ3) is 5.59. The number of sulfonamides is 1. The van der Waals surface area contributed by atoms with Crippen LogP contribution in [0.25, 0.3) is 22.2 Å². The summed E-state index contributed by atoms with van der Waals surface area (Å²) in [6.07, 6.45) is -1.77. The molecule has 13 heteroatoms. The van der Waals surface area contributed by atoms with Crippen molar-refractivity contribution in [1.29, 1.82) is 0 Å². The van der Waals surface area contributed by atoms with E-state index in [2.05, 4.69) is 10.3 Å². The van der Waals surface area contributed by atoms with Gasteiger partial charge in [-0.05, 0) is 57.0 Å². The Bertz CT molecular complexity index is 1590. The van der Waals surface area contributed by atoms with Crippen LogP contribution in [0.5, 0.6) is 0 Å². The number of aryl methyl sites for hydroxylation is 1. The molecule has 0 spiro atoms. The summed E-state index contributed by atoms with van der Waals surface area (Å²) in [5, 5.41) is 11.9. The molecule has 8 nitrogen and oxygen atoms in total. The zero-order valence-corrected chi connectivity index (χ0v) is 22.0. The zero-order valence-electron chi connectivity index (χ0n) is 21.2. The molecule has 0 aliphatic carbocycles. The van der Waals surface area contributed by atoms with Gasteiger partial charge in [-0.2, -0.15) is 4.31 Å². The molecule has 1 aliphatic rings. The molecular formula is C26H25F4N3O5S. The molecule has 1 fully saturated rings. The van der Waals surface area contributed by atoms with Crippen LogP contribution in [0, 0.1) is 24.4 Å². The minimum absolute atomic E-state index is 0.0188. The second-order valence-corrected chi connectivity index (χ2v) is 12.0. The lowest BCUT2D eigenvalue weighted by atomic mass is 9.99. The fourth-order valence-corrected chi connectivity index (χ4v) is 6.00. The van der Waals surface area contributed by atoms with Crippen molar-refractivity contribution >= 4 is 32.8 Å². The first-order valence-electron chi connectivity index (χ1n) is 11.9. The highest BCUT2D eigenvalue weighted by molar-refractivity contribution is 7.89. The Morgan fingerprint density at radius 2 is 1.79 bits per heavy atom. The second kappa shape index (κ2) is 10.2. The molecule has 3 aromatic rings. The second-order valence-electron chi connectivity index (χ2n) is 10.1. The van der Waals surface area contributed by atoms with Gasteiger partial charge in [0.2, 0.25) is 10.0 Å². The number of nitrogens with one attached hydrogen (secondary N) is 1. The van der Waals surface area contributed by atoms with Gasteiger partial charge in [-0.25, -0.2) is 31.0 Å². The van der Waals surface area contributed by atoms with Crippen LogP contribution in [-0.4, -0.2) is 59.5 Å². The van der Waals surface area contributed by atoms with Gasteiger partial charge in [0.25, 0.3) is 5.91 Å². The van der Waals surface area contributed by atoms with Gasteiger partial charge < -0.3 is 10.4 Å². The summed E-state index contributed by atoms with van der Waals surface area (Å²) < 4.78 is 85.5. The highest BCUT2D eigenvalue weighted by Gasteiger charge is 2.34. The number of halogens is 4. The quantitative estimate of drug-likeness (QED) is 0.411. The molecule has 4 rings (SSSR count). The zero-order chi connectivity index (χ0) is 28.9. The van der Waals surface area contributed by atoms with Crippen LogP contribution in [0.2, 0.25) is 0 Å². The molecule has 0 radical (unpaired) electrons. The first-order chi connectivity index (χ1) is 18.1. The van der Waals surface area contributed by atoms with Crippen molar-refractivity contribution in [2.24, 2.45) is 0 Å². The number of carboxylic acids is 1. The van der Waals surface area contributed by atoms with Gasteiger partial charge in [-0.3, -0.25) is 9.59 Å². The number of nitrogens with zero attached hydrogens (tertiary/aromatic N) is 2. The number of hydrogen-bond acceptors (Lipinski definition) is 5. The minimum atomic E-state index is -4.39. The van der Waals surface area contributed by atoms with Gasteiger partial charge in [0, 0.05) is 29.6 Å². The average molecular weight is 568 g/mol. The molecule has 2 heterocycles. The maximum absolute atomic E-state index is 15.3. The summed E-state index contributed by atoms with van der Waals surface area (Å²) in [6, 6.07) is 5.12. The third-order valence-corrected chi connectivity index (χ3v) is 8.30. The Morgan fingerprint density at radius 3 is 2.36 bits per heavy atom. The van der Waals surface area contributed by atoms with Gasteiger partial charge >= 0.3 is 5.97 Å². The lowest BCUT2D eigenvalue weighted by Crippen LogP contribution is -2.44. The monoisotopic (exact) mass is 567 g/mol. The molecule has 0 unspecified atom stereocenters. The topological polar surface area (TPSA) is 117 Å². The van der Waals surface area contributed by atoms with Gasteiger partial charge in [-0.15, -0.1) is 0 Å². The third-order valence-electron chi connectivity index (χ3n) is 6.46. The van der Waals surface area contributed by atoms with E-state index in [4.69, 9.17) is 5.11 Å². The fourth-order valence-electron chi connectivity index (χ4n) is 4.50. The molecule has 208 valence electrons. The van der Waals surface area contributed by atoms with Crippen LogP contribution >= 0.6 is 0 Å². The normalized spacial score (nSPS) is 16.5. The minimum Gasteiger partial charge on any atom is -0.481 e. The van der Waals surface area contributed by atoms with E-state index in [1.165, 1.54) is 39.0 Å². The van der Waals surface area contributed by atoms with Crippen molar-refractivity contribution in [1.82, 2.24) is 14.6 Å². The number of amides is 1. The van der Waals surface area contributed by atoms with Gasteiger partial charge in [0.1, 0.15) is 23.5 Å². The van der Waals surface area contributed by atoms with Crippen LogP contribution in [0.4, 0.5) is 17.6 Å². The Balaban J connectivity index is 1.76. The van der Waals surface area contributed by atoms with E-state index >= 15 is 13.2 Å². The summed E-state index contributed by atoms with van der Waals surface area (Å²) in [7, 11) is -4.39. The van der Waals surface area contributed by atoms with Crippen LogP contribution in [0.1, 0.15) is 42.6 Å². The smallest absolute Gasteiger partial charge is 0.305 e. The molecule has 1 aliphatic heterocycles. The number of carbonyl (C=O) groups excluding carboxylic acids is 1. The average Bonchev–Trinajstić information content (AvgIpc) is 3.27. The summed E-state index contributed by atoms with van der Waals surface area (Å²) in [5.74, 6) is -5.59. The molecule has 39 heavy (non-hydrogen) atoms. The van der Waals surface area contributed by atoms with Crippen molar-refractivity contribution < 1.29 is 40.7 Å². The number of fused-ring (bicyclic) bond motifs is 1. The predicted molar refractivity (Wildman–Crippen MR) is 134 cm³/mol. The van der Waals surface area contributed by atoms with Crippen LogP contribution < -0.4 is 5.32 Å². The number of rotatable bonds is 7. The fraction of sp³-hybridized carbons (Fsp3) is 0.346. The van der Waals surface area contributed by atoms with E-state index < -0.39 is 73.8 Å². The Morgan fingerprint density at radius 1 is 1.15 bits per heavy atom. The SMILES string of the molecule is Cc1c(F)c(-c2c(F)cc(S(=O)(=O)N3CC[C@H](F)C3)cc2F)nc2cc(C(=O)NC(C)(C)CC(=O)O)ccc12. The Labute approximate surface area is 221 Å². The molecule has 1 saturated heterocycles. The Hall–Kier alpha value is -3.58. The van der Waals surface area contributed by atoms with Gasteiger partial charge in [-0.1, -0.05) is 6.07 Å². The van der Waals surface area contributed by atoms with Crippen molar-refractivity contribution in [3.8, 4) is 11.3 Å². The molecule has 2 aromatic carbocycles. The maximum Gasteiger partial charge on any atom is 0.305 e. The number of alkyl halides is 1. The van der Waals surface area contributed by atoms with Crippen molar-refractivity contribution in [3.63, 3.8) is 0 Å². The number of hydrogen-bond donors (Lipinski definition) is 2. The first kappa shape index (κ1) is 28.4. The largest absolute Gasteiger partial charge is 0.481 e. The lowest BCUT2D eigenvalue weighted by molar-refractivity contribution is -0.138. The number of aliphatic carboxylic acids is 1. The standard InChI is InChI=1S/C26H25F4N3O5S/c1-13-17-5-4-14(25(36)32-26(2,3)11-21(34)35)8-20(17)31-24(23(13)30)22-18(28)9-16(10-19(22)29)39(37,38)33-7-6-15(27)12-33/h4-5,8-10,15H,6-7,11-12H2,1-3H3,(H,32,36)(H,34,35)/t15-/m0/s1. The molecule has 0 bridgehead atoms. The summed E-state index contributed by atoms with van der Waals surface area (Å²) >= 11 is 0. The lowest BCUT2D eigenvalue weighted by Gasteiger charge is -2.24. The Kier molecular flexibility index (Phi) is 7.43. The van der Waals surface area contributed by atoms with Crippen molar-refractivity contribution in [2.75, 3.05) is 13.1 Å². The molecule has 1 aromatic heterocycles. The van der Waals surface area contributed by atoms with Crippen molar-refractivity contribution in [3.05, 3.63) is 58.9 Å². The van der Waals surface area contributed by atoms with E-state index in [0.717, 1.165) is 4.31 Å². The van der Waals surface area contributed by atoms with Gasteiger partial charge in [0.05, 0.1) is 22.4 Å². The van der Waals surface area contributed by atoms with Crippen LogP contribution in [0.15, 0.2) is 35.2 Å². The summed E-state index contributed by atoms with van der Waals surface area (Å²) in [4.78, 5) is 27.1. The van der Waals surface area contributed by atoms with E-state index in [1.807, 2.05) is 0 Å². The highest BCUT2D eigenvalue weighted by atomic mass is 32.2. The van der Waals surface area contributed by atoms with E-state index in [-0.39, 0.29) is 41.4 Å². The van der Waals surface area contributed by atoms with Gasteiger partial charge in [0.15, 0.2) is 5.82 Å². The van der Waals surface area contributed by atoms with Crippen LogP contribution in [-0.2, 0) is 14.8 Å². The molecule has 1 amide bonds. The summed E-state index contributed by atoms with van der Waals surface area (Å²) in [6.45, 7) is 3.82. The number of pyridine rings is 1. The molecule has 1 atom stereocenters. The summed E-state index contributed by atoms with van der Waals surface area (Å²) in [5.41, 5.74) is -2.68. The number of benzene rings is 2. The number of carbonyl (C=O) groups is 2. The highest BCUT2D eigenvalue weighted by Crippen LogP contribution is 2.34. The molecule has 2 N–H and O–H groups in total. The van der Waals surface area contributed by atoms with Crippen LogP contribution in [0.3, 0.4) is 0 Å². The predicted octanol–water partition coefficient (Wildman–Crippen LogP) is 4.34. The molecule has 0 saturated carbocycles. The first-order valence-corrected chi connectivity index (χ1v) is 13.3. The number of carboxylic acid groups (broad SMARTS) is 1. The maximum atomic E-state index is 15.3. The molecular weight excluding hydrogens is 542 g/mol. The van der Waals surface area contributed by atoms with Crippen molar-refractivity contribution in [2.45, 2.75) is 50.2 Å². The van der Waals surface area contributed by atoms with E-state index in [9.17, 15) is 22.4 Å². The van der Waals surface area contributed by atoms with E-state index in [1.54, 1.807) is 0 Å². The van der Waals surface area contributed by atoms with E-state index in [0.29, 0.717) is 12.1 Å². The number of aromatic nitrogens is 1.